The molecule has 15 nitrogen and oxygen atoms in total. The van der Waals surface area contributed by atoms with E-state index in [1.807, 2.05) is 41.8 Å². The zero-order valence-electron chi connectivity index (χ0n) is 28.8. The van der Waals surface area contributed by atoms with E-state index in [4.69, 9.17) is 9.47 Å². The van der Waals surface area contributed by atoms with Crippen LogP contribution in [0.3, 0.4) is 0 Å². The molecule has 2 aliphatic heterocycles. The van der Waals surface area contributed by atoms with Gasteiger partial charge in [0, 0.05) is 23.7 Å². The molecule has 0 unspecified atom stereocenters. The van der Waals surface area contributed by atoms with Gasteiger partial charge in [-0.2, -0.15) is 0 Å². The highest BCUT2D eigenvalue weighted by Gasteiger charge is 2.48. The van der Waals surface area contributed by atoms with Gasteiger partial charge in [0.05, 0.1) is 23.4 Å². The number of halogens is 2. The van der Waals surface area contributed by atoms with Crippen LogP contribution in [0.1, 0.15) is 23.9 Å². The number of amides is 1. The zero-order chi connectivity index (χ0) is 38.5. The third-order valence-electron chi connectivity index (χ3n) is 8.68. The topological polar surface area (TPSA) is 198 Å². The standard InChI is InChI=1S/C36H33BF2N8O7S/c38-37(39)47-24(10-13-26(47)27-3-1-16-55-27)17-23-9-8-22(45-23)7-4-21-5-11-25(12-6-21)53-18-28(48)40-14-2-15-41-33-29-34(43-19-42-33)46(20-44-29)35-31(50)30(49)32(54-35)36(51)52/h1,3-13,16-17,19-20,30-32,35,49-50H,2,14-15,18H2,(H,40,48)(H,51,52)(H,41,42,43)/b7-4+,23-17-/t30-,31+,32-,35+/m0/s1. The van der Waals surface area contributed by atoms with Crippen molar-refractivity contribution in [2.75, 3.05) is 25.0 Å². The van der Waals surface area contributed by atoms with Gasteiger partial charge in [-0.3, -0.25) is 18.0 Å². The Morgan fingerprint density at radius 1 is 1.02 bits per heavy atom. The number of thiophene rings is 1. The van der Waals surface area contributed by atoms with Crippen molar-refractivity contribution in [3.05, 3.63) is 102 Å². The molecule has 1 saturated heterocycles. The molecule has 55 heavy (non-hydrogen) atoms. The average Bonchev–Trinajstić information content (AvgIpc) is 4.03. The maximum absolute atomic E-state index is 13.9. The summed E-state index contributed by atoms with van der Waals surface area (Å²) in [4.78, 5) is 41.7. The van der Waals surface area contributed by atoms with Crippen molar-refractivity contribution < 1.29 is 43.0 Å². The van der Waals surface area contributed by atoms with Crippen LogP contribution in [0.4, 0.5) is 14.4 Å². The third-order valence-corrected chi connectivity index (χ3v) is 9.57. The number of nitrogens with zero attached hydrogens (tertiary/aromatic N) is 6. The van der Waals surface area contributed by atoms with E-state index in [0.29, 0.717) is 59.4 Å². The molecule has 19 heteroatoms. The van der Waals surface area contributed by atoms with E-state index in [1.54, 1.807) is 42.5 Å². The van der Waals surface area contributed by atoms with Gasteiger partial charge in [-0.15, -0.1) is 11.3 Å². The van der Waals surface area contributed by atoms with Crippen LogP contribution < -0.4 is 15.4 Å². The highest BCUT2D eigenvalue weighted by atomic mass is 32.1. The molecule has 282 valence electrons. The second-order valence-corrected chi connectivity index (χ2v) is 13.3. The van der Waals surface area contributed by atoms with Crippen molar-refractivity contribution in [1.82, 2.24) is 29.3 Å². The summed E-state index contributed by atoms with van der Waals surface area (Å²) in [6.45, 7) is 0.586. The van der Waals surface area contributed by atoms with Gasteiger partial charge < -0.3 is 39.9 Å². The largest absolute Gasteiger partial charge is 0.678 e. The molecule has 0 aliphatic carbocycles. The molecule has 0 saturated carbocycles. The number of fused-ring (bicyclic) bond motifs is 1. The highest BCUT2D eigenvalue weighted by molar-refractivity contribution is 7.13. The minimum Gasteiger partial charge on any atom is -0.484 e. The average molecular weight is 771 g/mol. The molecule has 4 aromatic heterocycles. The molecule has 1 fully saturated rings. The molecule has 4 atom stereocenters. The van der Waals surface area contributed by atoms with Crippen molar-refractivity contribution in [2.45, 2.75) is 31.0 Å². The van der Waals surface area contributed by atoms with Crippen LogP contribution in [0.2, 0.25) is 0 Å². The van der Waals surface area contributed by atoms with E-state index in [1.165, 1.54) is 28.6 Å². The number of aromatic nitrogens is 5. The Morgan fingerprint density at radius 3 is 2.60 bits per heavy atom. The van der Waals surface area contributed by atoms with E-state index < -0.39 is 37.9 Å². The van der Waals surface area contributed by atoms with Gasteiger partial charge in [0.1, 0.15) is 24.3 Å². The predicted octanol–water partition coefficient (Wildman–Crippen LogP) is 3.89. The van der Waals surface area contributed by atoms with Crippen LogP contribution in [0.25, 0.3) is 33.9 Å². The van der Waals surface area contributed by atoms with Crippen molar-refractivity contribution >= 4 is 65.5 Å². The van der Waals surface area contributed by atoms with E-state index in [-0.39, 0.29) is 18.2 Å². The number of hydrogen-bond acceptors (Lipinski definition) is 12. The van der Waals surface area contributed by atoms with Crippen LogP contribution in [0.5, 0.6) is 5.75 Å². The summed E-state index contributed by atoms with van der Waals surface area (Å²) in [5.41, 5.74) is 3.53. The number of nitrogens with one attached hydrogen (secondary N) is 2. The summed E-state index contributed by atoms with van der Waals surface area (Å²) >= 11 is 1.40. The fourth-order valence-electron chi connectivity index (χ4n) is 5.98. The molecule has 0 spiro atoms. The quantitative estimate of drug-likeness (QED) is 0.0765. The number of benzene rings is 1. The first-order valence-corrected chi connectivity index (χ1v) is 17.9. The lowest BCUT2D eigenvalue weighted by Crippen LogP contribution is -2.35. The van der Waals surface area contributed by atoms with Gasteiger partial charge >= 0.3 is 13.4 Å². The Balaban J connectivity index is 0.841. The molecular weight excluding hydrogens is 737 g/mol. The van der Waals surface area contributed by atoms with Crippen molar-refractivity contribution in [1.29, 1.82) is 0 Å². The van der Waals surface area contributed by atoms with Crippen LogP contribution >= 0.6 is 11.3 Å². The fourth-order valence-corrected chi connectivity index (χ4v) is 6.73. The first-order valence-electron chi connectivity index (χ1n) is 17.0. The van der Waals surface area contributed by atoms with E-state index >= 15 is 0 Å². The second kappa shape index (κ2) is 16.6. The van der Waals surface area contributed by atoms with Gasteiger partial charge in [0.25, 0.3) is 5.91 Å². The number of aliphatic carboxylic acids is 1. The molecule has 5 N–H and O–H groups in total. The van der Waals surface area contributed by atoms with E-state index in [0.717, 1.165) is 14.9 Å². The lowest BCUT2D eigenvalue weighted by atomic mass is 10.1. The van der Waals surface area contributed by atoms with E-state index in [9.17, 15) is 33.5 Å². The molecule has 0 bridgehead atoms. The maximum Gasteiger partial charge on any atom is 0.678 e. The lowest BCUT2D eigenvalue weighted by Gasteiger charge is -2.16. The second-order valence-electron chi connectivity index (χ2n) is 12.3. The number of carboxylic acids is 1. The van der Waals surface area contributed by atoms with Gasteiger partial charge in [-0.05, 0) is 72.0 Å². The summed E-state index contributed by atoms with van der Waals surface area (Å²) in [5.74, 6) is -0.808. The Hall–Kier alpha value is -6.02. The molecule has 0 radical (unpaired) electrons. The molecule has 6 heterocycles. The number of aliphatic hydroxyl groups is 2. The summed E-state index contributed by atoms with van der Waals surface area (Å²) < 4.78 is 41.2. The fraction of sp³-hybridized carbons (Fsp3) is 0.222. The van der Waals surface area contributed by atoms with Crippen LogP contribution in [0.15, 0.2) is 95.5 Å². The van der Waals surface area contributed by atoms with Crippen molar-refractivity contribution in [3.63, 3.8) is 0 Å². The number of aliphatic imine (C=N–C) groups is 1. The number of carbonyl (C=O) groups is 2. The number of carboxylic acid groups (broad SMARTS) is 1. The van der Waals surface area contributed by atoms with Crippen LogP contribution in [0, 0.1) is 0 Å². The number of carbonyl (C=O) groups excluding carboxylic acids is 1. The number of ether oxygens (including phenoxy) is 2. The predicted molar refractivity (Wildman–Crippen MR) is 202 cm³/mol. The van der Waals surface area contributed by atoms with Gasteiger partial charge in [0.15, 0.2) is 35.9 Å². The Bertz CT molecular complexity index is 2290. The maximum atomic E-state index is 13.9. The highest BCUT2D eigenvalue weighted by Crippen LogP contribution is 2.33. The smallest absolute Gasteiger partial charge is 0.484 e. The summed E-state index contributed by atoms with van der Waals surface area (Å²) in [6.07, 6.45) is 6.08. The number of allylic oxidation sites excluding steroid dienone is 3. The first kappa shape index (κ1) is 37.3. The number of aliphatic hydroxyl groups excluding tert-OH is 2. The molecule has 1 aromatic carbocycles. The first-order chi connectivity index (χ1) is 26.7. The molecule has 1 amide bonds. The van der Waals surface area contributed by atoms with Gasteiger partial charge in [-0.25, -0.2) is 24.7 Å². The SMILES string of the molecule is O=C(COc1ccc(/C=C/C2=NC(=C\c3ccc(-c4cccs4)n3B(F)F)/C=C2)cc1)NCCCNc1ncnc2c1ncn2[C@@H]1O[C@H](C(=O)O)[C@@H](O)[C@H]1O. The molecule has 5 aromatic rings. The Kier molecular flexibility index (Phi) is 11.2. The Labute approximate surface area is 316 Å². The number of imidazole rings is 1. The number of rotatable bonds is 15. The van der Waals surface area contributed by atoms with Gasteiger partial charge in [0.2, 0.25) is 0 Å². The summed E-state index contributed by atoms with van der Waals surface area (Å²) in [7, 11) is -2.69. The molecular formula is C36H33BF2N8O7S. The number of hydrogen-bond donors (Lipinski definition) is 5. The summed E-state index contributed by atoms with van der Waals surface area (Å²) in [5, 5.41) is 37.4. The third kappa shape index (κ3) is 8.39. The lowest BCUT2D eigenvalue weighted by molar-refractivity contribution is -0.155. The van der Waals surface area contributed by atoms with Crippen molar-refractivity contribution in [2.24, 2.45) is 4.99 Å². The minimum absolute atomic E-state index is 0.181. The molecule has 7 rings (SSSR count). The Morgan fingerprint density at radius 2 is 1.85 bits per heavy atom. The number of anilines is 1. The van der Waals surface area contributed by atoms with Gasteiger partial charge in [-0.1, -0.05) is 24.3 Å². The minimum atomic E-state index is -2.69. The zero-order valence-corrected chi connectivity index (χ0v) is 29.6. The monoisotopic (exact) mass is 770 g/mol. The van der Waals surface area contributed by atoms with Crippen molar-refractivity contribution in [3.8, 4) is 16.3 Å². The van der Waals surface area contributed by atoms with E-state index in [2.05, 4.69) is 30.6 Å². The normalized spacial score (nSPS) is 20.1. The molecule has 2 aliphatic rings. The van der Waals surface area contributed by atoms with Crippen LogP contribution in [-0.4, -0.2) is 102 Å². The van der Waals surface area contributed by atoms with Crippen LogP contribution in [-0.2, 0) is 14.3 Å². The summed E-state index contributed by atoms with van der Waals surface area (Å²) in [6, 6.07) is 14.1.